The standard InChI is InChI=1S/C21H28N2O4/c1-24-15-8-9-16(19(14-15)26-3)20(23-12-10-22-11-13-23)17-6-5-7-18(25-2)21(17)27-4/h5-9,14,20,22H,10-13H2,1-4H3. The topological polar surface area (TPSA) is 52.2 Å². The monoisotopic (exact) mass is 372 g/mol. The van der Waals surface area contributed by atoms with Crippen LogP contribution >= 0.6 is 0 Å². The van der Waals surface area contributed by atoms with Crippen LogP contribution in [0.3, 0.4) is 0 Å². The molecular formula is C21H28N2O4. The normalized spacial score (nSPS) is 15.9. The van der Waals surface area contributed by atoms with Gasteiger partial charge < -0.3 is 24.3 Å². The van der Waals surface area contributed by atoms with Gasteiger partial charge in [0.2, 0.25) is 0 Å². The lowest BCUT2D eigenvalue weighted by Gasteiger charge is -2.36. The summed E-state index contributed by atoms with van der Waals surface area (Å²) in [6, 6.07) is 12.0. The number of para-hydroxylation sites is 1. The summed E-state index contributed by atoms with van der Waals surface area (Å²) >= 11 is 0. The lowest BCUT2D eigenvalue weighted by molar-refractivity contribution is 0.191. The van der Waals surface area contributed by atoms with Crippen molar-refractivity contribution < 1.29 is 18.9 Å². The van der Waals surface area contributed by atoms with Crippen molar-refractivity contribution in [1.82, 2.24) is 10.2 Å². The molecule has 6 nitrogen and oxygen atoms in total. The molecule has 0 amide bonds. The summed E-state index contributed by atoms with van der Waals surface area (Å²) in [5.41, 5.74) is 2.13. The summed E-state index contributed by atoms with van der Waals surface area (Å²) in [6.45, 7) is 3.75. The second kappa shape index (κ2) is 8.97. The van der Waals surface area contributed by atoms with Gasteiger partial charge in [0.15, 0.2) is 11.5 Å². The Kier molecular flexibility index (Phi) is 6.42. The number of nitrogens with one attached hydrogen (secondary N) is 1. The molecule has 1 N–H and O–H groups in total. The zero-order valence-electron chi connectivity index (χ0n) is 16.5. The van der Waals surface area contributed by atoms with Gasteiger partial charge in [0.25, 0.3) is 0 Å². The number of hydrogen-bond acceptors (Lipinski definition) is 6. The summed E-state index contributed by atoms with van der Waals surface area (Å²) in [4.78, 5) is 2.44. The molecule has 1 aliphatic heterocycles. The molecule has 146 valence electrons. The van der Waals surface area contributed by atoms with Gasteiger partial charge in [-0.25, -0.2) is 0 Å². The molecule has 6 heteroatoms. The summed E-state index contributed by atoms with van der Waals surface area (Å²) in [6.07, 6.45) is 0. The molecule has 0 bridgehead atoms. The van der Waals surface area contributed by atoms with E-state index in [0.717, 1.165) is 60.3 Å². The van der Waals surface area contributed by atoms with Crippen LogP contribution in [0.25, 0.3) is 0 Å². The van der Waals surface area contributed by atoms with Gasteiger partial charge in [-0.1, -0.05) is 12.1 Å². The van der Waals surface area contributed by atoms with Gasteiger partial charge in [0, 0.05) is 43.4 Å². The van der Waals surface area contributed by atoms with E-state index < -0.39 is 0 Å². The molecule has 0 aromatic heterocycles. The predicted octanol–water partition coefficient (Wildman–Crippen LogP) is 2.72. The number of piperazine rings is 1. The summed E-state index contributed by atoms with van der Waals surface area (Å²) in [5, 5.41) is 3.42. The maximum Gasteiger partial charge on any atom is 0.165 e. The molecule has 0 spiro atoms. The third-order valence-corrected chi connectivity index (χ3v) is 4.98. The van der Waals surface area contributed by atoms with Crippen molar-refractivity contribution in [2.24, 2.45) is 0 Å². The smallest absolute Gasteiger partial charge is 0.165 e. The quantitative estimate of drug-likeness (QED) is 0.807. The van der Waals surface area contributed by atoms with Gasteiger partial charge in [-0.05, 0) is 18.2 Å². The molecule has 2 aromatic rings. The number of rotatable bonds is 7. The number of methoxy groups -OCH3 is 4. The van der Waals surface area contributed by atoms with Crippen LogP contribution in [0.15, 0.2) is 36.4 Å². The van der Waals surface area contributed by atoms with Crippen LogP contribution in [-0.2, 0) is 0 Å². The van der Waals surface area contributed by atoms with Crippen molar-refractivity contribution in [3.63, 3.8) is 0 Å². The van der Waals surface area contributed by atoms with Crippen LogP contribution in [-0.4, -0.2) is 59.5 Å². The highest BCUT2D eigenvalue weighted by Crippen LogP contribution is 2.43. The fourth-order valence-corrected chi connectivity index (χ4v) is 3.67. The van der Waals surface area contributed by atoms with E-state index in [1.807, 2.05) is 24.3 Å². The van der Waals surface area contributed by atoms with Gasteiger partial charge in [-0.15, -0.1) is 0 Å². The fourth-order valence-electron chi connectivity index (χ4n) is 3.67. The van der Waals surface area contributed by atoms with Crippen LogP contribution in [0.2, 0.25) is 0 Å². The van der Waals surface area contributed by atoms with Crippen molar-refractivity contribution in [3.05, 3.63) is 47.5 Å². The number of hydrogen-bond donors (Lipinski definition) is 1. The first kappa shape index (κ1) is 19.3. The minimum Gasteiger partial charge on any atom is -0.497 e. The third kappa shape index (κ3) is 3.96. The number of nitrogens with zero attached hydrogens (tertiary/aromatic N) is 1. The van der Waals surface area contributed by atoms with E-state index >= 15 is 0 Å². The Labute approximate surface area is 161 Å². The molecule has 1 saturated heterocycles. The largest absolute Gasteiger partial charge is 0.497 e. The maximum absolute atomic E-state index is 5.75. The molecule has 27 heavy (non-hydrogen) atoms. The highest BCUT2D eigenvalue weighted by atomic mass is 16.5. The van der Waals surface area contributed by atoms with Crippen LogP contribution in [0.5, 0.6) is 23.0 Å². The lowest BCUT2D eigenvalue weighted by atomic mass is 9.94. The maximum atomic E-state index is 5.75. The van der Waals surface area contributed by atoms with Gasteiger partial charge in [-0.2, -0.15) is 0 Å². The second-order valence-electron chi connectivity index (χ2n) is 6.38. The molecule has 1 unspecified atom stereocenters. The predicted molar refractivity (Wildman–Crippen MR) is 105 cm³/mol. The lowest BCUT2D eigenvalue weighted by Crippen LogP contribution is -2.45. The Balaban J connectivity index is 2.16. The van der Waals surface area contributed by atoms with Crippen molar-refractivity contribution in [3.8, 4) is 23.0 Å². The van der Waals surface area contributed by atoms with Crippen molar-refractivity contribution in [2.75, 3.05) is 54.6 Å². The van der Waals surface area contributed by atoms with E-state index in [-0.39, 0.29) is 6.04 Å². The Bertz CT molecular complexity index is 760. The fraction of sp³-hybridized carbons (Fsp3) is 0.429. The van der Waals surface area contributed by atoms with Crippen molar-refractivity contribution in [1.29, 1.82) is 0 Å². The Hall–Kier alpha value is -2.44. The second-order valence-corrected chi connectivity index (χ2v) is 6.38. The summed E-state index contributed by atoms with van der Waals surface area (Å²) in [7, 11) is 6.69. The Morgan fingerprint density at radius 2 is 1.56 bits per heavy atom. The zero-order valence-corrected chi connectivity index (χ0v) is 16.5. The summed E-state index contributed by atoms with van der Waals surface area (Å²) < 4.78 is 22.4. The van der Waals surface area contributed by atoms with Gasteiger partial charge in [0.1, 0.15) is 11.5 Å². The average molecular weight is 372 g/mol. The zero-order chi connectivity index (χ0) is 19.2. The first-order valence-corrected chi connectivity index (χ1v) is 9.11. The van der Waals surface area contributed by atoms with Crippen molar-refractivity contribution >= 4 is 0 Å². The highest BCUT2D eigenvalue weighted by Gasteiger charge is 2.30. The first-order chi connectivity index (χ1) is 13.2. The molecule has 0 aliphatic carbocycles. The van der Waals surface area contributed by atoms with E-state index in [4.69, 9.17) is 18.9 Å². The molecule has 0 saturated carbocycles. The van der Waals surface area contributed by atoms with E-state index in [1.54, 1.807) is 28.4 Å². The highest BCUT2D eigenvalue weighted by molar-refractivity contribution is 5.54. The van der Waals surface area contributed by atoms with Gasteiger partial charge in [0.05, 0.1) is 34.5 Å². The molecule has 0 radical (unpaired) electrons. The van der Waals surface area contributed by atoms with E-state index in [0.29, 0.717) is 0 Å². The van der Waals surface area contributed by atoms with E-state index in [2.05, 4.69) is 22.3 Å². The third-order valence-electron chi connectivity index (χ3n) is 4.98. The van der Waals surface area contributed by atoms with Crippen molar-refractivity contribution in [2.45, 2.75) is 6.04 Å². The minimum absolute atomic E-state index is 0.0157. The van der Waals surface area contributed by atoms with E-state index in [1.165, 1.54) is 0 Å². The minimum atomic E-state index is -0.0157. The molecule has 1 fully saturated rings. The van der Waals surface area contributed by atoms with Crippen LogP contribution in [0.1, 0.15) is 17.2 Å². The van der Waals surface area contributed by atoms with Crippen LogP contribution < -0.4 is 24.3 Å². The molecule has 1 heterocycles. The van der Waals surface area contributed by atoms with Gasteiger partial charge in [-0.3, -0.25) is 4.90 Å². The molecule has 1 atom stereocenters. The Morgan fingerprint density at radius 1 is 0.815 bits per heavy atom. The molecule has 2 aromatic carbocycles. The molecule has 3 rings (SSSR count). The SMILES string of the molecule is COc1ccc(C(c2cccc(OC)c2OC)N2CCNCC2)c(OC)c1. The average Bonchev–Trinajstić information content (AvgIpc) is 2.74. The Morgan fingerprint density at radius 3 is 2.19 bits per heavy atom. The van der Waals surface area contributed by atoms with Crippen LogP contribution in [0.4, 0.5) is 0 Å². The summed E-state index contributed by atoms with van der Waals surface area (Å²) in [5.74, 6) is 3.04. The van der Waals surface area contributed by atoms with Gasteiger partial charge >= 0.3 is 0 Å². The van der Waals surface area contributed by atoms with E-state index in [9.17, 15) is 0 Å². The molecular weight excluding hydrogens is 344 g/mol. The molecule has 1 aliphatic rings. The number of benzene rings is 2. The number of ether oxygens (including phenoxy) is 4. The van der Waals surface area contributed by atoms with Crippen LogP contribution in [0, 0.1) is 0 Å². The first-order valence-electron chi connectivity index (χ1n) is 9.11.